The zero-order valence-electron chi connectivity index (χ0n) is 10.9. The Labute approximate surface area is 115 Å². The minimum Gasteiger partial charge on any atom is -0.340 e. The average Bonchev–Trinajstić information content (AvgIpc) is 2.99. The second kappa shape index (κ2) is 6.22. The summed E-state index contributed by atoms with van der Waals surface area (Å²) in [6.07, 6.45) is 4.91. The number of likely N-dealkylation sites (tertiary alicyclic amines) is 1. The first-order chi connectivity index (χ1) is 8.33. The van der Waals surface area contributed by atoms with Crippen LogP contribution in [-0.4, -0.2) is 61.0 Å². The lowest BCUT2D eigenvalue weighted by Crippen LogP contribution is -2.47. The maximum atomic E-state index is 12.0. The van der Waals surface area contributed by atoms with E-state index in [4.69, 9.17) is 0 Å². The maximum absolute atomic E-state index is 12.0. The van der Waals surface area contributed by atoms with Crippen LogP contribution >= 0.6 is 12.4 Å². The number of nitrogens with one attached hydrogen (secondary N) is 1. The van der Waals surface area contributed by atoms with Crippen LogP contribution in [0.25, 0.3) is 0 Å². The highest BCUT2D eigenvalue weighted by Crippen LogP contribution is 2.37. The molecule has 104 valence electrons. The Morgan fingerprint density at radius 2 is 2.00 bits per heavy atom. The van der Waals surface area contributed by atoms with Gasteiger partial charge in [0.1, 0.15) is 0 Å². The van der Waals surface area contributed by atoms with Gasteiger partial charge >= 0.3 is 0 Å². The van der Waals surface area contributed by atoms with Crippen LogP contribution in [0.15, 0.2) is 0 Å². The Morgan fingerprint density at radius 3 is 2.61 bits per heavy atom. The summed E-state index contributed by atoms with van der Waals surface area (Å²) in [6.45, 7) is 5.94. The molecule has 4 nitrogen and oxygen atoms in total. The molecule has 0 aromatic rings. The van der Waals surface area contributed by atoms with Crippen LogP contribution in [0.2, 0.25) is 0 Å². The Bertz CT molecular complexity index is 294. The molecule has 1 aliphatic carbocycles. The number of piperazine rings is 1. The van der Waals surface area contributed by atoms with Gasteiger partial charge in [0.15, 0.2) is 0 Å². The summed E-state index contributed by atoms with van der Waals surface area (Å²) in [7, 11) is 0. The number of hydrogen-bond acceptors (Lipinski definition) is 3. The quantitative estimate of drug-likeness (QED) is 0.823. The van der Waals surface area contributed by atoms with Gasteiger partial charge < -0.3 is 10.2 Å². The lowest BCUT2D eigenvalue weighted by Gasteiger charge is -2.30. The molecule has 2 heterocycles. The van der Waals surface area contributed by atoms with Crippen molar-refractivity contribution in [3.8, 4) is 0 Å². The highest BCUT2D eigenvalue weighted by Gasteiger charge is 2.37. The standard InChI is InChI=1S/C13H23N3O.ClH/c17-13(15-7-4-14-5-8-15)3-6-16-10-11-1-2-12(16)9-11;/h11-12,14H,1-10H2;1H. The predicted molar refractivity (Wildman–Crippen MR) is 74.0 cm³/mol. The van der Waals surface area contributed by atoms with Crippen LogP contribution in [0.4, 0.5) is 0 Å². The normalized spacial score (nSPS) is 31.4. The number of piperidine rings is 1. The molecule has 2 unspecified atom stereocenters. The number of nitrogens with zero attached hydrogens (tertiary/aromatic N) is 2. The SMILES string of the molecule is Cl.O=C(CCN1CC2CCC1C2)N1CCNCC1. The molecule has 1 amide bonds. The topological polar surface area (TPSA) is 35.6 Å². The van der Waals surface area contributed by atoms with Crippen molar-refractivity contribution in [1.82, 2.24) is 15.1 Å². The molecular formula is C13H24ClN3O. The molecule has 0 spiro atoms. The highest BCUT2D eigenvalue weighted by molar-refractivity contribution is 5.85. The van der Waals surface area contributed by atoms with E-state index in [2.05, 4.69) is 10.2 Å². The first-order valence-electron chi connectivity index (χ1n) is 7.05. The van der Waals surface area contributed by atoms with Gasteiger partial charge in [-0.05, 0) is 25.2 Å². The van der Waals surface area contributed by atoms with E-state index in [1.54, 1.807) is 0 Å². The molecule has 18 heavy (non-hydrogen) atoms. The predicted octanol–water partition coefficient (Wildman–Crippen LogP) is 0.714. The Hall–Kier alpha value is -0.320. The van der Waals surface area contributed by atoms with E-state index >= 15 is 0 Å². The van der Waals surface area contributed by atoms with Gasteiger partial charge in [-0.1, -0.05) is 0 Å². The highest BCUT2D eigenvalue weighted by atomic mass is 35.5. The van der Waals surface area contributed by atoms with E-state index in [-0.39, 0.29) is 12.4 Å². The van der Waals surface area contributed by atoms with Crippen LogP contribution in [0.5, 0.6) is 0 Å². The first-order valence-corrected chi connectivity index (χ1v) is 7.05. The van der Waals surface area contributed by atoms with Crippen molar-refractivity contribution in [2.24, 2.45) is 5.92 Å². The summed E-state index contributed by atoms with van der Waals surface area (Å²) in [6, 6.07) is 0.802. The monoisotopic (exact) mass is 273 g/mol. The van der Waals surface area contributed by atoms with Crippen LogP contribution in [-0.2, 0) is 4.79 Å². The molecule has 2 saturated heterocycles. The van der Waals surface area contributed by atoms with Gasteiger partial charge in [0.05, 0.1) is 0 Å². The number of carbonyl (C=O) groups excluding carboxylic acids is 1. The average molecular weight is 274 g/mol. The van der Waals surface area contributed by atoms with Crippen molar-refractivity contribution >= 4 is 18.3 Å². The molecule has 2 bridgehead atoms. The zero-order valence-corrected chi connectivity index (χ0v) is 11.8. The summed E-state index contributed by atoms with van der Waals surface area (Å²) in [5.41, 5.74) is 0. The van der Waals surface area contributed by atoms with Crippen molar-refractivity contribution in [3.05, 3.63) is 0 Å². The van der Waals surface area contributed by atoms with Crippen molar-refractivity contribution in [3.63, 3.8) is 0 Å². The van der Waals surface area contributed by atoms with E-state index in [9.17, 15) is 4.79 Å². The molecule has 0 aromatic carbocycles. The molecule has 1 N–H and O–H groups in total. The van der Waals surface area contributed by atoms with Crippen LogP contribution in [0, 0.1) is 5.92 Å². The molecule has 0 aromatic heterocycles. The summed E-state index contributed by atoms with van der Waals surface area (Å²) in [5.74, 6) is 1.29. The van der Waals surface area contributed by atoms with Gasteiger partial charge in [-0.3, -0.25) is 9.69 Å². The largest absolute Gasteiger partial charge is 0.340 e. The molecular weight excluding hydrogens is 250 g/mol. The van der Waals surface area contributed by atoms with Gasteiger partial charge in [0, 0.05) is 51.7 Å². The van der Waals surface area contributed by atoms with E-state index < -0.39 is 0 Å². The number of hydrogen-bond donors (Lipinski definition) is 1. The Balaban J connectivity index is 0.00000120. The molecule has 2 atom stereocenters. The number of fused-ring (bicyclic) bond motifs is 2. The fourth-order valence-corrected chi connectivity index (χ4v) is 3.61. The van der Waals surface area contributed by atoms with E-state index in [1.807, 2.05) is 4.90 Å². The summed E-state index contributed by atoms with van der Waals surface area (Å²) >= 11 is 0. The number of rotatable bonds is 3. The second-order valence-electron chi connectivity index (χ2n) is 5.71. The minimum atomic E-state index is 0. The minimum absolute atomic E-state index is 0. The summed E-state index contributed by atoms with van der Waals surface area (Å²) < 4.78 is 0. The van der Waals surface area contributed by atoms with Gasteiger partial charge in [-0.2, -0.15) is 0 Å². The maximum Gasteiger partial charge on any atom is 0.223 e. The third-order valence-electron chi connectivity index (χ3n) is 4.61. The molecule has 5 heteroatoms. The third kappa shape index (κ3) is 2.98. The first kappa shape index (κ1) is 14.1. The molecule has 2 aliphatic heterocycles. The smallest absolute Gasteiger partial charge is 0.223 e. The lowest BCUT2D eigenvalue weighted by atomic mass is 10.1. The molecule has 3 aliphatic rings. The zero-order chi connectivity index (χ0) is 11.7. The van der Waals surface area contributed by atoms with Crippen molar-refractivity contribution < 1.29 is 4.79 Å². The van der Waals surface area contributed by atoms with Crippen molar-refractivity contribution in [2.75, 3.05) is 39.3 Å². The number of amides is 1. The Kier molecular flexibility index (Phi) is 4.87. The molecule has 1 saturated carbocycles. The fraction of sp³-hybridized carbons (Fsp3) is 0.923. The van der Waals surface area contributed by atoms with Gasteiger partial charge in [-0.15, -0.1) is 12.4 Å². The van der Waals surface area contributed by atoms with Gasteiger partial charge in [-0.25, -0.2) is 0 Å². The van der Waals surface area contributed by atoms with Crippen LogP contribution in [0.3, 0.4) is 0 Å². The Morgan fingerprint density at radius 1 is 1.22 bits per heavy atom. The summed E-state index contributed by atoms with van der Waals surface area (Å²) in [4.78, 5) is 16.6. The van der Waals surface area contributed by atoms with E-state index in [0.717, 1.165) is 51.1 Å². The van der Waals surface area contributed by atoms with Gasteiger partial charge in [0.2, 0.25) is 5.91 Å². The molecule has 3 fully saturated rings. The van der Waals surface area contributed by atoms with Crippen LogP contribution < -0.4 is 5.32 Å². The molecule has 0 radical (unpaired) electrons. The van der Waals surface area contributed by atoms with Crippen molar-refractivity contribution in [2.45, 2.75) is 31.7 Å². The fourth-order valence-electron chi connectivity index (χ4n) is 3.61. The number of carbonyl (C=O) groups is 1. The lowest BCUT2D eigenvalue weighted by molar-refractivity contribution is -0.132. The van der Waals surface area contributed by atoms with Crippen molar-refractivity contribution in [1.29, 1.82) is 0 Å². The van der Waals surface area contributed by atoms with E-state index in [0.29, 0.717) is 5.91 Å². The van der Waals surface area contributed by atoms with E-state index in [1.165, 1.54) is 25.8 Å². The molecule has 3 rings (SSSR count). The second-order valence-corrected chi connectivity index (χ2v) is 5.71. The third-order valence-corrected chi connectivity index (χ3v) is 4.61. The number of halogens is 1. The van der Waals surface area contributed by atoms with Crippen LogP contribution in [0.1, 0.15) is 25.7 Å². The van der Waals surface area contributed by atoms with Gasteiger partial charge in [0.25, 0.3) is 0 Å². The summed E-state index contributed by atoms with van der Waals surface area (Å²) in [5, 5.41) is 3.28.